The summed E-state index contributed by atoms with van der Waals surface area (Å²) in [7, 11) is -2.00. The summed E-state index contributed by atoms with van der Waals surface area (Å²) in [5.74, 6) is -5.51. The molecule has 9 aromatic carbocycles. The second-order valence-corrected chi connectivity index (χ2v) is 21.1. The molecule has 1 unspecified atom stereocenters. The molecule has 9 rings (SSSR count). The maximum absolute atomic E-state index is 13.6. The Labute approximate surface area is 406 Å². The van der Waals surface area contributed by atoms with Gasteiger partial charge in [-0.05, 0) is 177 Å². The van der Waals surface area contributed by atoms with E-state index in [0.29, 0.717) is 14.7 Å². The van der Waals surface area contributed by atoms with Crippen LogP contribution in [0, 0.1) is 53.5 Å². The Kier molecular flexibility index (Phi) is 17.0. The lowest BCUT2D eigenvalue weighted by Gasteiger charge is -2.10. The summed E-state index contributed by atoms with van der Waals surface area (Å²) < 4.78 is 145. The van der Waals surface area contributed by atoms with E-state index in [9.17, 15) is 48.3 Å². The first kappa shape index (κ1) is 51.1. The standard InChI is InChI=1S/C20H16F3S.C18H10F5S.C18H12F3S/c1-15-7-11-18(12-8-15)24(17-5-3-2-4-6-17)19-13-9-16(10-14-19)20(21,22)23;19-11-1-3-12(4-2-11)24(13-5-7-15(20)17(22)9-13)14-6-8-16(21)18(23)10-14;19-13-1-7-16(8-2-13)22(17-9-3-14(20)4-10-17)18-11-5-15(21)6-12-18/h2-14H,1H3;1-10H;1-12H/q3*+1. The first-order chi connectivity index (χ1) is 33.5. The molecular formula is C56H38F11S3+3. The van der Waals surface area contributed by atoms with Gasteiger partial charge in [-0.3, -0.25) is 0 Å². The molecule has 354 valence electrons. The number of hydrogen-bond donors (Lipinski definition) is 0. The van der Waals surface area contributed by atoms with E-state index in [4.69, 9.17) is 0 Å². The number of benzene rings is 9. The minimum absolute atomic E-state index is 0.314. The van der Waals surface area contributed by atoms with Gasteiger partial charge in [0, 0.05) is 12.1 Å². The van der Waals surface area contributed by atoms with E-state index in [0.717, 1.165) is 71.3 Å². The number of rotatable bonds is 9. The minimum atomic E-state index is -4.31. The zero-order valence-corrected chi connectivity index (χ0v) is 39.0. The van der Waals surface area contributed by atoms with Crippen LogP contribution < -0.4 is 0 Å². The molecule has 70 heavy (non-hydrogen) atoms. The normalized spacial score (nSPS) is 11.6. The van der Waals surface area contributed by atoms with E-state index in [1.54, 1.807) is 48.5 Å². The maximum atomic E-state index is 13.6. The van der Waals surface area contributed by atoms with Gasteiger partial charge in [-0.25, -0.2) is 35.1 Å². The Morgan fingerprint density at radius 1 is 0.271 bits per heavy atom. The molecule has 0 amide bonds. The average molecular weight is 1020 g/mol. The van der Waals surface area contributed by atoms with Gasteiger partial charge in [0.1, 0.15) is 23.3 Å². The third-order valence-corrected chi connectivity index (χ3v) is 16.8. The molecule has 9 aromatic rings. The molecule has 0 N–H and O–H groups in total. The fourth-order valence-electron chi connectivity index (χ4n) is 6.73. The van der Waals surface area contributed by atoms with Crippen molar-refractivity contribution < 1.29 is 48.3 Å². The third-order valence-electron chi connectivity index (χ3n) is 10.1. The Morgan fingerprint density at radius 2 is 0.529 bits per heavy atom. The van der Waals surface area contributed by atoms with Crippen LogP contribution in [-0.2, 0) is 38.9 Å². The highest BCUT2D eigenvalue weighted by Crippen LogP contribution is 2.36. The van der Waals surface area contributed by atoms with Crippen molar-refractivity contribution in [2.45, 2.75) is 57.2 Å². The monoisotopic (exact) mass is 1020 g/mol. The molecule has 0 nitrogen and oxygen atoms in total. The lowest BCUT2D eigenvalue weighted by atomic mass is 10.2. The van der Waals surface area contributed by atoms with Crippen molar-refractivity contribution in [3.05, 3.63) is 270 Å². The quantitative estimate of drug-likeness (QED) is 0.0998. The summed E-state index contributed by atoms with van der Waals surface area (Å²) in [6.07, 6.45) is -4.31. The fraction of sp³-hybridized carbons (Fsp3) is 0.0357. The number of halogens is 11. The van der Waals surface area contributed by atoms with Crippen LogP contribution in [0.5, 0.6) is 0 Å². The van der Waals surface area contributed by atoms with E-state index < -0.39 is 73.5 Å². The van der Waals surface area contributed by atoms with Crippen molar-refractivity contribution in [2.24, 2.45) is 0 Å². The van der Waals surface area contributed by atoms with Crippen LogP contribution in [0.15, 0.2) is 256 Å². The number of hydrogen-bond acceptors (Lipinski definition) is 0. The molecule has 14 heteroatoms. The topological polar surface area (TPSA) is 0 Å². The van der Waals surface area contributed by atoms with Gasteiger partial charge in [-0.2, -0.15) is 13.2 Å². The predicted octanol–water partition coefficient (Wildman–Crippen LogP) is 16.8. The van der Waals surface area contributed by atoms with Gasteiger partial charge in [0.25, 0.3) is 0 Å². The van der Waals surface area contributed by atoms with Crippen molar-refractivity contribution >= 4 is 32.7 Å². The van der Waals surface area contributed by atoms with Crippen molar-refractivity contribution in [1.82, 2.24) is 0 Å². The summed E-state index contributed by atoms with van der Waals surface area (Å²) in [5.41, 5.74) is 0.537. The van der Waals surface area contributed by atoms with Crippen molar-refractivity contribution in [3.63, 3.8) is 0 Å². The van der Waals surface area contributed by atoms with Crippen LogP contribution in [0.4, 0.5) is 48.3 Å². The predicted molar refractivity (Wildman–Crippen MR) is 254 cm³/mol. The Balaban J connectivity index is 0.000000155. The van der Waals surface area contributed by atoms with E-state index in [1.807, 2.05) is 61.5 Å². The van der Waals surface area contributed by atoms with Gasteiger partial charge in [0.2, 0.25) is 0 Å². The first-order valence-corrected chi connectivity index (χ1v) is 24.7. The van der Waals surface area contributed by atoms with Crippen LogP contribution in [0.3, 0.4) is 0 Å². The van der Waals surface area contributed by atoms with Gasteiger partial charge < -0.3 is 0 Å². The van der Waals surface area contributed by atoms with E-state index in [1.165, 1.54) is 72.8 Å². The highest BCUT2D eigenvalue weighted by Gasteiger charge is 2.34. The fourth-order valence-corrected chi connectivity index (χ4v) is 12.9. The molecule has 0 radical (unpaired) electrons. The van der Waals surface area contributed by atoms with Crippen molar-refractivity contribution in [2.75, 3.05) is 0 Å². The smallest absolute Gasteiger partial charge is 0.207 e. The van der Waals surface area contributed by atoms with Gasteiger partial charge >= 0.3 is 6.18 Å². The van der Waals surface area contributed by atoms with Crippen LogP contribution in [0.2, 0.25) is 0 Å². The van der Waals surface area contributed by atoms with E-state index in [-0.39, 0.29) is 17.5 Å². The Morgan fingerprint density at radius 3 is 0.829 bits per heavy atom. The molecule has 1 atom stereocenters. The molecule has 0 bridgehead atoms. The number of aryl methyl sites for hydroxylation is 1. The second kappa shape index (κ2) is 23.2. The summed E-state index contributed by atoms with van der Waals surface area (Å²) >= 11 is 0. The Bertz CT molecular complexity index is 2940. The average Bonchev–Trinajstić information content (AvgIpc) is 3.35. The Hall–Kier alpha value is -6.74. The van der Waals surface area contributed by atoms with Crippen LogP contribution in [0.25, 0.3) is 0 Å². The second-order valence-electron chi connectivity index (χ2n) is 15.0. The molecule has 0 aliphatic heterocycles. The molecule has 0 heterocycles. The minimum Gasteiger partial charge on any atom is -0.207 e. The molecule has 0 fully saturated rings. The summed E-state index contributed by atoms with van der Waals surface area (Å²) in [4.78, 5) is 7.01. The van der Waals surface area contributed by atoms with Crippen LogP contribution >= 0.6 is 0 Å². The molecule has 0 saturated heterocycles. The largest absolute Gasteiger partial charge is 0.416 e. The van der Waals surface area contributed by atoms with Gasteiger partial charge in [-0.1, -0.05) is 35.9 Å². The van der Waals surface area contributed by atoms with Gasteiger partial charge in [-0.15, -0.1) is 0 Å². The zero-order chi connectivity index (χ0) is 50.0. The molecule has 0 aliphatic carbocycles. The van der Waals surface area contributed by atoms with Gasteiger partial charge in [0.15, 0.2) is 67.3 Å². The SMILES string of the molecule is Cc1ccc([S+](c2ccccc2)c2ccc(C(F)(F)F)cc2)cc1.Fc1ccc([S+](c2ccc(F)c(F)c2)c2ccc(F)c(F)c2)cc1.Fc1ccc([S+](c2ccc(F)cc2)c2ccc(F)cc2)cc1. The summed E-state index contributed by atoms with van der Waals surface area (Å²) in [6.45, 7) is 2.02. The molecule has 0 aromatic heterocycles. The summed E-state index contributed by atoms with van der Waals surface area (Å²) in [6, 6.07) is 54.1. The first-order valence-electron chi connectivity index (χ1n) is 21.0. The van der Waals surface area contributed by atoms with Gasteiger partial charge in [0.05, 0.1) is 38.2 Å². The van der Waals surface area contributed by atoms with Crippen LogP contribution in [-0.4, -0.2) is 0 Å². The van der Waals surface area contributed by atoms with Crippen molar-refractivity contribution in [1.29, 1.82) is 0 Å². The number of alkyl halides is 3. The zero-order valence-electron chi connectivity index (χ0n) is 36.6. The lowest BCUT2D eigenvalue weighted by Crippen LogP contribution is -2.07. The van der Waals surface area contributed by atoms with E-state index in [2.05, 4.69) is 0 Å². The maximum Gasteiger partial charge on any atom is 0.416 e. The highest BCUT2D eigenvalue weighted by molar-refractivity contribution is 7.97. The molecule has 0 saturated carbocycles. The molecule has 0 spiro atoms. The molecule has 0 aliphatic rings. The highest BCUT2D eigenvalue weighted by atomic mass is 32.2. The van der Waals surface area contributed by atoms with Crippen molar-refractivity contribution in [3.8, 4) is 0 Å². The van der Waals surface area contributed by atoms with E-state index >= 15 is 0 Å². The van der Waals surface area contributed by atoms with Crippen LogP contribution in [0.1, 0.15) is 11.1 Å². The summed E-state index contributed by atoms with van der Waals surface area (Å²) in [5, 5.41) is 0. The third kappa shape index (κ3) is 13.3. The lowest BCUT2D eigenvalue weighted by molar-refractivity contribution is -0.137. The molecular weight excluding hydrogens is 978 g/mol.